The van der Waals surface area contributed by atoms with Crippen LogP contribution >= 0.6 is 22.7 Å². The van der Waals surface area contributed by atoms with Crippen LogP contribution in [0.2, 0.25) is 0 Å². The van der Waals surface area contributed by atoms with Crippen LogP contribution < -0.4 is 17.0 Å². The van der Waals surface area contributed by atoms with Gasteiger partial charge in [0.1, 0.15) is 0 Å². The fourth-order valence-corrected chi connectivity index (χ4v) is 6.59. The average Bonchev–Trinajstić information content (AvgIpc) is 3.15. The van der Waals surface area contributed by atoms with Crippen molar-refractivity contribution in [1.82, 2.24) is 0 Å². The Bertz CT molecular complexity index is 712. The molecule has 0 amide bonds. The van der Waals surface area contributed by atoms with E-state index in [1.54, 1.807) is 0 Å². The van der Waals surface area contributed by atoms with E-state index in [1.165, 1.54) is 58.0 Å². The average molecular weight is 439 g/mol. The second-order valence-electron chi connectivity index (χ2n) is 8.26. The Hall–Kier alpha value is -0.420. The van der Waals surface area contributed by atoms with Crippen molar-refractivity contribution in [2.75, 3.05) is 14.1 Å². The Kier molecular flexibility index (Phi) is 5.65. The number of hydrogen-bond acceptors (Lipinski definition) is 2. The molecule has 0 unspecified atom stereocenters. The first-order valence-electron chi connectivity index (χ1n) is 9.08. The van der Waals surface area contributed by atoms with E-state index >= 15 is 0 Å². The number of nitrogens with zero attached hydrogens (tertiary/aromatic N) is 1. The molecule has 25 heavy (non-hydrogen) atoms. The Balaban J connectivity index is 0.00000182. The van der Waals surface area contributed by atoms with Gasteiger partial charge in [0.25, 0.3) is 0 Å². The van der Waals surface area contributed by atoms with Crippen molar-refractivity contribution < 1.29 is 21.5 Å². The van der Waals surface area contributed by atoms with Crippen LogP contribution in [0.3, 0.4) is 0 Å². The molecular formula is C21H28BrNS2. The van der Waals surface area contributed by atoms with Gasteiger partial charge in [0.2, 0.25) is 0 Å². The number of halogens is 1. The molecule has 4 rings (SSSR count). The predicted molar refractivity (Wildman–Crippen MR) is 107 cm³/mol. The quantitative estimate of drug-likeness (QED) is 0.647. The highest BCUT2D eigenvalue weighted by molar-refractivity contribution is 7.08. The summed E-state index contributed by atoms with van der Waals surface area (Å²) in [5.74, 6) is 0.738. The van der Waals surface area contributed by atoms with Crippen LogP contribution in [0.4, 0.5) is 0 Å². The van der Waals surface area contributed by atoms with Gasteiger partial charge >= 0.3 is 0 Å². The summed E-state index contributed by atoms with van der Waals surface area (Å²) in [5.41, 5.74) is 7.24. The summed E-state index contributed by atoms with van der Waals surface area (Å²) in [6.45, 7) is 4.51. The number of hydrogen-bond donors (Lipinski definition) is 0. The van der Waals surface area contributed by atoms with E-state index in [-0.39, 0.29) is 17.0 Å². The van der Waals surface area contributed by atoms with E-state index in [0.717, 1.165) is 18.0 Å². The highest BCUT2D eigenvalue weighted by Gasteiger charge is 2.48. The Morgan fingerprint density at radius 3 is 1.80 bits per heavy atom. The first-order valence-corrected chi connectivity index (χ1v) is 11.0. The topological polar surface area (TPSA) is 0 Å². The van der Waals surface area contributed by atoms with Gasteiger partial charge in [0.15, 0.2) is 0 Å². The van der Waals surface area contributed by atoms with E-state index < -0.39 is 0 Å². The molecule has 2 aromatic heterocycles. The molecule has 4 heterocycles. The van der Waals surface area contributed by atoms with E-state index in [1.807, 2.05) is 22.7 Å². The first kappa shape index (κ1) is 19.3. The second kappa shape index (κ2) is 7.30. The van der Waals surface area contributed by atoms with E-state index in [9.17, 15) is 0 Å². The molecule has 4 heteroatoms. The number of aryl methyl sites for hydroxylation is 2. The molecule has 0 saturated carbocycles. The molecule has 2 aliphatic rings. The van der Waals surface area contributed by atoms with Crippen molar-refractivity contribution in [2.45, 2.75) is 51.6 Å². The lowest BCUT2D eigenvalue weighted by Crippen LogP contribution is -3.00. The minimum Gasteiger partial charge on any atom is -1.00 e. The van der Waals surface area contributed by atoms with Crippen LogP contribution in [0.15, 0.2) is 27.6 Å². The second-order valence-corrected chi connectivity index (χ2v) is 9.75. The summed E-state index contributed by atoms with van der Waals surface area (Å²) in [7, 11) is 4.91. The Morgan fingerprint density at radius 2 is 1.40 bits per heavy atom. The summed E-state index contributed by atoms with van der Waals surface area (Å²) in [6.07, 6.45) is 8.20. The molecule has 2 aromatic rings. The maximum Gasteiger partial charge on any atom is 0.0896 e. The van der Waals surface area contributed by atoms with Crippen molar-refractivity contribution >= 4 is 28.2 Å². The zero-order chi connectivity index (χ0) is 16.9. The van der Waals surface area contributed by atoms with Gasteiger partial charge in [-0.15, -0.1) is 0 Å². The summed E-state index contributed by atoms with van der Waals surface area (Å²) >= 11 is 3.66. The van der Waals surface area contributed by atoms with Crippen LogP contribution in [0.1, 0.15) is 47.9 Å². The van der Waals surface area contributed by atoms with Crippen LogP contribution in [0, 0.1) is 19.8 Å². The van der Waals surface area contributed by atoms with Crippen LogP contribution in [-0.4, -0.2) is 30.7 Å². The van der Waals surface area contributed by atoms with Gasteiger partial charge in [-0.05, 0) is 69.1 Å². The van der Waals surface area contributed by atoms with Gasteiger partial charge in [-0.25, -0.2) is 0 Å². The fraction of sp³-hybridized carbons (Fsp3) is 0.524. The molecule has 2 atom stereocenters. The van der Waals surface area contributed by atoms with Crippen LogP contribution in [-0.2, 0) is 0 Å². The highest BCUT2D eigenvalue weighted by Crippen LogP contribution is 2.44. The molecule has 136 valence electrons. The number of rotatable bonds is 3. The van der Waals surface area contributed by atoms with Crippen LogP contribution in [0.25, 0.3) is 5.57 Å². The van der Waals surface area contributed by atoms with Crippen molar-refractivity contribution in [2.24, 2.45) is 5.92 Å². The molecule has 0 radical (unpaired) electrons. The van der Waals surface area contributed by atoms with E-state index in [2.05, 4.69) is 55.5 Å². The number of fused-ring (bicyclic) bond motifs is 2. The maximum absolute atomic E-state index is 2.63. The molecule has 0 aliphatic carbocycles. The number of quaternary nitrogens is 1. The molecule has 0 aromatic carbocycles. The van der Waals surface area contributed by atoms with Crippen molar-refractivity contribution in [1.29, 1.82) is 0 Å². The minimum absolute atomic E-state index is 0. The van der Waals surface area contributed by atoms with Gasteiger partial charge in [-0.1, -0.05) is 6.08 Å². The highest BCUT2D eigenvalue weighted by atomic mass is 79.9. The van der Waals surface area contributed by atoms with Gasteiger partial charge in [0.05, 0.1) is 26.2 Å². The molecule has 2 fully saturated rings. The predicted octanol–water partition coefficient (Wildman–Crippen LogP) is 2.88. The summed E-state index contributed by atoms with van der Waals surface area (Å²) < 4.78 is 1.26. The van der Waals surface area contributed by atoms with Gasteiger partial charge in [0, 0.05) is 25.7 Å². The maximum atomic E-state index is 2.63. The van der Waals surface area contributed by atoms with Crippen molar-refractivity contribution in [3.05, 3.63) is 49.9 Å². The third-order valence-corrected chi connectivity index (χ3v) is 8.28. The third kappa shape index (κ3) is 3.43. The van der Waals surface area contributed by atoms with Gasteiger partial charge in [-0.3, -0.25) is 0 Å². The monoisotopic (exact) mass is 437 g/mol. The molecule has 2 saturated heterocycles. The third-order valence-electron chi connectivity index (χ3n) is 6.56. The van der Waals surface area contributed by atoms with Crippen molar-refractivity contribution in [3.8, 4) is 0 Å². The van der Waals surface area contributed by atoms with E-state index in [0.29, 0.717) is 0 Å². The number of piperidine rings is 1. The molecule has 2 bridgehead atoms. The molecule has 0 N–H and O–H groups in total. The summed E-state index contributed by atoms with van der Waals surface area (Å²) in [4.78, 5) is 0. The van der Waals surface area contributed by atoms with Crippen molar-refractivity contribution in [3.63, 3.8) is 0 Å². The molecule has 0 spiro atoms. The lowest BCUT2D eigenvalue weighted by Gasteiger charge is -2.44. The standard InChI is InChI=1S/C21H28NS2.BrH/c1-14-10-23-12-20(14)19(21-13-24-11-15(21)2)9-16-7-17-5-6-18(8-16)22(17,3)4;/h9-13,16-18H,5-8H2,1-4H3;1H/q+1;/p-1/t17-,18-;/m0./s1. The minimum atomic E-state index is 0. The molecule has 1 nitrogen and oxygen atoms in total. The SMILES string of the molecule is Cc1cscc1C(=CC1C[C@@H]2CC[C@@H](C1)[N+]2(C)C)c1cscc1C.[Br-]. The molecular weight excluding hydrogens is 410 g/mol. The summed E-state index contributed by atoms with van der Waals surface area (Å²) in [6, 6.07) is 1.72. The normalized spacial score (nSPS) is 27.0. The van der Waals surface area contributed by atoms with Gasteiger partial charge in [-0.2, -0.15) is 22.7 Å². The Labute approximate surface area is 170 Å². The fourth-order valence-electron chi connectivity index (χ4n) is 4.89. The largest absolute Gasteiger partial charge is 1.00 e. The molecule has 2 aliphatic heterocycles. The zero-order valence-electron chi connectivity index (χ0n) is 15.6. The van der Waals surface area contributed by atoms with E-state index in [4.69, 9.17) is 0 Å². The Morgan fingerprint density at radius 1 is 0.920 bits per heavy atom. The number of thiophene rings is 2. The zero-order valence-corrected chi connectivity index (χ0v) is 18.8. The van der Waals surface area contributed by atoms with Crippen LogP contribution in [0.5, 0.6) is 0 Å². The smallest absolute Gasteiger partial charge is 0.0896 e. The first-order chi connectivity index (χ1) is 11.5. The number of allylic oxidation sites excluding steroid dienone is 1. The lowest BCUT2D eigenvalue weighted by atomic mass is 9.85. The van der Waals surface area contributed by atoms with Gasteiger partial charge < -0.3 is 21.5 Å². The lowest BCUT2D eigenvalue weighted by molar-refractivity contribution is -0.931. The summed E-state index contributed by atoms with van der Waals surface area (Å²) in [5, 5.41) is 9.26.